The van der Waals surface area contributed by atoms with Crippen LogP contribution in [0, 0.1) is 0 Å². The summed E-state index contributed by atoms with van der Waals surface area (Å²) in [6.45, 7) is 3.28. The molecule has 23 heavy (non-hydrogen) atoms. The second-order valence-electron chi connectivity index (χ2n) is 5.90. The van der Waals surface area contributed by atoms with Crippen molar-refractivity contribution in [3.8, 4) is 0 Å². The molecule has 0 spiro atoms. The molecule has 4 heteroatoms. The average molecular weight is 310 g/mol. The predicted octanol–water partition coefficient (Wildman–Crippen LogP) is 2.50. The van der Waals surface area contributed by atoms with Crippen LogP contribution in [0.5, 0.6) is 0 Å². The van der Waals surface area contributed by atoms with Crippen molar-refractivity contribution in [3.63, 3.8) is 0 Å². The van der Waals surface area contributed by atoms with E-state index in [1.54, 1.807) is 0 Å². The molecular formula is C19H22N2O2. The number of carboxylic acid groups (broad SMARTS) is 1. The molecule has 0 bridgehead atoms. The Bertz CT molecular complexity index is 622. The summed E-state index contributed by atoms with van der Waals surface area (Å²) in [4.78, 5) is 16.1. The van der Waals surface area contributed by atoms with Gasteiger partial charge < -0.3 is 10.0 Å². The van der Waals surface area contributed by atoms with E-state index in [9.17, 15) is 9.90 Å². The molecule has 1 atom stereocenters. The fraction of sp³-hybridized carbons (Fsp3) is 0.316. The Morgan fingerprint density at radius 1 is 0.913 bits per heavy atom. The smallest absolute Gasteiger partial charge is 0.321 e. The number of piperazine rings is 1. The van der Waals surface area contributed by atoms with Crippen molar-refractivity contribution in [3.05, 3.63) is 66.2 Å². The average Bonchev–Trinajstić information content (AvgIpc) is 2.61. The van der Waals surface area contributed by atoms with Crippen LogP contribution in [0.15, 0.2) is 60.7 Å². The lowest BCUT2D eigenvalue weighted by Crippen LogP contribution is -2.53. The molecule has 120 valence electrons. The molecule has 1 aliphatic heterocycles. The van der Waals surface area contributed by atoms with E-state index in [2.05, 4.69) is 21.9 Å². The third-order valence-electron chi connectivity index (χ3n) is 4.43. The van der Waals surface area contributed by atoms with Crippen LogP contribution in [0.25, 0.3) is 0 Å². The minimum atomic E-state index is -0.734. The maximum atomic E-state index is 11.7. The molecule has 1 saturated heterocycles. The highest BCUT2D eigenvalue weighted by atomic mass is 16.4. The molecule has 0 saturated carbocycles. The number of carboxylic acids is 1. The summed E-state index contributed by atoms with van der Waals surface area (Å²) >= 11 is 0. The molecule has 3 rings (SSSR count). The quantitative estimate of drug-likeness (QED) is 0.921. The number of hydrogen-bond donors (Lipinski definition) is 1. The van der Waals surface area contributed by atoms with Crippen molar-refractivity contribution >= 4 is 11.7 Å². The Morgan fingerprint density at radius 2 is 1.48 bits per heavy atom. The summed E-state index contributed by atoms with van der Waals surface area (Å²) in [5, 5.41) is 9.61. The zero-order chi connectivity index (χ0) is 16.1. The molecule has 4 nitrogen and oxygen atoms in total. The summed E-state index contributed by atoms with van der Waals surface area (Å²) < 4.78 is 0. The van der Waals surface area contributed by atoms with Crippen LogP contribution in [-0.2, 0) is 11.2 Å². The first kappa shape index (κ1) is 15.6. The minimum Gasteiger partial charge on any atom is -0.480 e. The van der Waals surface area contributed by atoms with E-state index < -0.39 is 12.0 Å². The highest BCUT2D eigenvalue weighted by Gasteiger charge is 2.29. The maximum absolute atomic E-state index is 11.7. The van der Waals surface area contributed by atoms with Gasteiger partial charge in [-0.1, -0.05) is 48.5 Å². The van der Waals surface area contributed by atoms with Gasteiger partial charge in [0.1, 0.15) is 6.04 Å². The molecule has 1 unspecified atom stereocenters. The van der Waals surface area contributed by atoms with E-state index in [1.165, 1.54) is 5.69 Å². The van der Waals surface area contributed by atoms with Crippen LogP contribution in [0.1, 0.15) is 5.56 Å². The summed E-state index contributed by atoms with van der Waals surface area (Å²) in [6.07, 6.45) is 0.557. The normalized spacial score (nSPS) is 17.0. The molecule has 2 aromatic rings. The Labute approximate surface area is 137 Å². The monoisotopic (exact) mass is 310 g/mol. The van der Waals surface area contributed by atoms with Gasteiger partial charge in [0.2, 0.25) is 0 Å². The first-order valence-corrected chi connectivity index (χ1v) is 8.05. The minimum absolute atomic E-state index is 0.449. The van der Waals surface area contributed by atoms with Crippen LogP contribution in [0.3, 0.4) is 0 Å². The Hall–Kier alpha value is -2.33. The zero-order valence-electron chi connectivity index (χ0n) is 13.1. The number of hydrogen-bond acceptors (Lipinski definition) is 3. The molecule has 0 amide bonds. The van der Waals surface area contributed by atoms with Gasteiger partial charge in [0.05, 0.1) is 0 Å². The molecule has 1 fully saturated rings. The largest absolute Gasteiger partial charge is 0.480 e. The Kier molecular flexibility index (Phi) is 4.93. The van der Waals surface area contributed by atoms with Crippen molar-refractivity contribution in [2.45, 2.75) is 12.5 Å². The van der Waals surface area contributed by atoms with Crippen molar-refractivity contribution in [2.24, 2.45) is 0 Å². The lowest BCUT2D eigenvalue weighted by atomic mass is 10.0. The van der Waals surface area contributed by atoms with Crippen LogP contribution in [0.4, 0.5) is 5.69 Å². The van der Waals surface area contributed by atoms with Crippen LogP contribution < -0.4 is 4.90 Å². The second-order valence-corrected chi connectivity index (χ2v) is 5.90. The Morgan fingerprint density at radius 3 is 2.04 bits per heavy atom. The van der Waals surface area contributed by atoms with E-state index in [0.717, 1.165) is 31.7 Å². The van der Waals surface area contributed by atoms with Crippen molar-refractivity contribution in [2.75, 3.05) is 31.1 Å². The number of aliphatic carboxylic acids is 1. The van der Waals surface area contributed by atoms with Crippen LogP contribution >= 0.6 is 0 Å². The standard InChI is InChI=1S/C19H22N2O2/c22-19(23)18(15-16-7-3-1-4-8-16)21-13-11-20(12-14-21)17-9-5-2-6-10-17/h1-10,18H,11-15H2,(H,22,23). The van der Waals surface area contributed by atoms with Crippen LogP contribution in [0.2, 0.25) is 0 Å². The number of benzene rings is 2. The fourth-order valence-corrected chi connectivity index (χ4v) is 3.14. The van der Waals surface area contributed by atoms with E-state index in [4.69, 9.17) is 0 Å². The summed E-state index contributed by atoms with van der Waals surface area (Å²) in [5.74, 6) is -0.734. The second kappa shape index (κ2) is 7.29. The van der Waals surface area contributed by atoms with Crippen LogP contribution in [-0.4, -0.2) is 48.2 Å². The van der Waals surface area contributed by atoms with E-state index in [1.807, 2.05) is 48.5 Å². The molecule has 0 radical (unpaired) electrons. The van der Waals surface area contributed by atoms with Gasteiger partial charge in [0.15, 0.2) is 0 Å². The maximum Gasteiger partial charge on any atom is 0.321 e. The SMILES string of the molecule is O=C(O)C(Cc1ccccc1)N1CCN(c2ccccc2)CC1. The number of para-hydroxylation sites is 1. The molecule has 1 N–H and O–H groups in total. The van der Waals surface area contributed by atoms with Gasteiger partial charge in [0, 0.05) is 31.9 Å². The van der Waals surface area contributed by atoms with E-state index >= 15 is 0 Å². The van der Waals surface area contributed by atoms with E-state index in [-0.39, 0.29) is 0 Å². The highest BCUT2D eigenvalue weighted by molar-refractivity contribution is 5.74. The number of carbonyl (C=O) groups is 1. The molecule has 1 heterocycles. The van der Waals surface area contributed by atoms with Crippen molar-refractivity contribution < 1.29 is 9.90 Å². The lowest BCUT2D eigenvalue weighted by molar-refractivity contribution is -0.143. The first-order valence-electron chi connectivity index (χ1n) is 8.05. The van der Waals surface area contributed by atoms with Crippen molar-refractivity contribution in [1.29, 1.82) is 0 Å². The van der Waals surface area contributed by atoms with E-state index in [0.29, 0.717) is 6.42 Å². The number of nitrogens with zero attached hydrogens (tertiary/aromatic N) is 2. The predicted molar refractivity (Wildman–Crippen MR) is 91.8 cm³/mol. The topological polar surface area (TPSA) is 43.8 Å². The highest BCUT2D eigenvalue weighted by Crippen LogP contribution is 2.18. The van der Waals surface area contributed by atoms with Gasteiger partial charge in [-0.05, 0) is 24.1 Å². The summed E-state index contributed by atoms with van der Waals surface area (Å²) in [7, 11) is 0. The first-order chi connectivity index (χ1) is 11.2. The Balaban J connectivity index is 1.63. The molecule has 0 aliphatic carbocycles. The third-order valence-corrected chi connectivity index (χ3v) is 4.43. The lowest BCUT2D eigenvalue weighted by Gasteiger charge is -2.38. The van der Waals surface area contributed by atoms with Crippen molar-refractivity contribution in [1.82, 2.24) is 4.90 Å². The van der Waals surface area contributed by atoms with Gasteiger partial charge in [-0.15, -0.1) is 0 Å². The number of anilines is 1. The van der Waals surface area contributed by atoms with Gasteiger partial charge in [-0.2, -0.15) is 0 Å². The third kappa shape index (κ3) is 3.90. The molecular weight excluding hydrogens is 288 g/mol. The van der Waals surface area contributed by atoms with Gasteiger partial charge in [-0.25, -0.2) is 0 Å². The molecule has 0 aromatic heterocycles. The number of rotatable bonds is 5. The van der Waals surface area contributed by atoms with Gasteiger partial charge in [0.25, 0.3) is 0 Å². The van der Waals surface area contributed by atoms with Gasteiger partial charge >= 0.3 is 5.97 Å². The molecule has 2 aromatic carbocycles. The fourth-order valence-electron chi connectivity index (χ4n) is 3.14. The zero-order valence-corrected chi connectivity index (χ0v) is 13.1. The van der Waals surface area contributed by atoms with Gasteiger partial charge in [-0.3, -0.25) is 9.69 Å². The summed E-state index contributed by atoms with van der Waals surface area (Å²) in [6, 6.07) is 19.7. The molecule has 1 aliphatic rings. The summed E-state index contributed by atoms with van der Waals surface area (Å²) in [5.41, 5.74) is 2.28.